The third kappa shape index (κ3) is 4.01. The molecule has 2 amide bonds. The van der Waals surface area contributed by atoms with E-state index in [2.05, 4.69) is 9.97 Å². The van der Waals surface area contributed by atoms with Gasteiger partial charge in [-0.3, -0.25) is 9.59 Å². The summed E-state index contributed by atoms with van der Waals surface area (Å²) >= 11 is 0. The van der Waals surface area contributed by atoms with E-state index in [0.29, 0.717) is 43.7 Å². The predicted octanol–water partition coefficient (Wildman–Crippen LogP) is 2.35. The lowest BCUT2D eigenvalue weighted by molar-refractivity contribution is 0.0718. The lowest BCUT2D eigenvalue weighted by atomic mass is 10.1. The van der Waals surface area contributed by atoms with Crippen LogP contribution < -0.4 is 0 Å². The number of hydrogen-bond acceptors (Lipinski definition) is 7. The summed E-state index contributed by atoms with van der Waals surface area (Å²) in [7, 11) is 0. The van der Waals surface area contributed by atoms with Crippen molar-refractivity contribution in [2.24, 2.45) is 0 Å². The first-order chi connectivity index (χ1) is 15.2. The number of carbonyl (C=O) groups excluding carboxylic acids is 2. The van der Waals surface area contributed by atoms with Crippen LogP contribution in [0, 0.1) is 13.8 Å². The van der Waals surface area contributed by atoms with E-state index < -0.39 is 23.2 Å². The Morgan fingerprint density at radius 3 is 1.88 bits per heavy atom. The third-order valence-electron chi connectivity index (χ3n) is 5.71. The first-order valence-corrected chi connectivity index (χ1v) is 10.3. The van der Waals surface area contributed by atoms with Crippen LogP contribution in [0.25, 0.3) is 11.0 Å². The van der Waals surface area contributed by atoms with Gasteiger partial charge in [0, 0.05) is 37.3 Å². The van der Waals surface area contributed by atoms with Crippen molar-refractivity contribution in [2.45, 2.75) is 20.3 Å². The van der Waals surface area contributed by atoms with E-state index in [-0.39, 0.29) is 11.5 Å². The number of rotatable bonds is 2. The van der Waals surface area contributed by atoms with Gasteiger partial charge in [0.1, 0.15) is 0 Å². The second-order valence-electron chi connectivity index (χ2n) is 7.90. The Balaban J connectivity index is 1.49. The van der Waals surface area contributed by atoms with Crippen molar-refractivity contribution >= 4 is 22.8 Å². The van der Waals surface area contributed by atoms with Gasteiger partial charge in [0.05, 0.1) is 22.4 Å². The highest BCUT2D eigenvalue weighted by atomic mass is 16.3. The fraction of sp³-hybridized carbons (Fsp3) is 0.304. The van der Waals surface area contributed by atoms with Gasteiger partial charge < -0.3 is 25.1 Å². The van der Waals surface area contributed by atoms with Gasteiger partial charge in [-0.1, -0.05) is 0 Å². The van der Waals surface area contributed by atoms with Crippen LogP contribution in [0.15, 0.2) is 30.3 Å². The molecule has 0 atom stereocenters. The molecule has 0 radical (unpaired) electrons. The van der Waals surface area contributed by atoms with Gasteiger partial charge in [0.2, 0.25) is 0 Å². The smallest absolute Gasteiger partial charge is 0.254 e. The SMILES string of the molecule is Cc1nc2ccc(C(=O)N3CCCN(C(=O)c4cc(O)c(O)c(O)c4)CC3)cc2nc1C. The third-order valence-corrected chi connectivity index (χ3v) is 5.71. The minimum atomic E-state index is -0.667. The highest BCUT2D eigenvalue weighted by molar-refractivity contribution is 5.98. The molecule has 1 aliphatic heterocycles. The lowest BCUT2D eigenvalue weighted by Gasteiger charge is -2.22. The van der Waals surface area contributed by atoms with Crippen molar-refractivity contribution in [3.05, 3.63) is 52.8 Å². The van der Waals surface area contributed by atoms with Crippen molar-refractivity contribution in [1.82, 2.24) is 19.8 Å². The number of hydrogen-bond donors (Lipinski definition) is 3. The Morgan fingerprint density at radius 1 is 0.750 bits per heavy atom. The van der Waals surface area contributed by atoms with Crippen LogP contribution in [0.1, 0.15) is 38.5 Å². The predicted molar refractivity (Wildman–Crippen MR) is 117 cm³/mol. The molecular weight excluding hydrogens is 412 g/mol. The molecule has 166 valence electrons. The van der Waals surface area contributed by atoms with Crippen LogP contribution in [0.5, 0.6) is 17.2 Å². The van der Waals surface area contributed by atoms with E-state index in [1.807, 2.05) is 13.8 Å². The van der Waals surface area contributed by atoms with Crippen molar-refractivity contribution < 1.29 is 24.9 Å². The number of aromatic hydroxyl groups is 3. The standard InChI is InChI=1S/C23H24N4O5/c1-13-14(2)25-18-10-15(4-5-17(18)24-13)22(31)26-6-3-7-27(9-8-26)23(32)16-11-19(28)21(30)20(29)12-16/h4-5,10-12,28-30H,3,6-9H2,1-2H3. The van der Waals surface area contributed by atoms with Gasteiger partial charge in [-0.15, -0.1) is 0 Å². The van der Waals surface area contributed by atoms with Gasteiger partial charge >= 0.3 is 0 Å². The molecule has 0 aliphatic carbocycles. The zero-order chi connectivity index (χ0) is 23.0. The van der Waals surface area contributed by atoms with Crippen LogP contribution >= 0.6 is 0 Å². The molecule has 2 aromatic carbocycles. The maximum atomic E-state index is 13.1. The fourth-order valence-electron chi connectivity index (χ4n) is 3.78. The summed E-state index contributed by atoms with van der Waals surface area (Å²) < 4.78 is 0. The number of amides is 2. The van der Waals surface area contributed by atoms with Gasteiger partial charge in [0.15, 0.2) is 17.2 Å². The quantitative estimate of drug-likeness (QED) is 0.526. The Labute approximate surface area is 184 Å². The van der Waals surface area contributed by atoms with Crippen LogP contribution in [-0.2, 0) is 0 Å². The lowest BCUT2D eigenvalue weighted by Crippen LogP contribution is -2.37. The highest BCUT2D eigenvalue weighted by Gasteiger charge is 2.25. The Kier molecular flexibility index (Phi) is 5.56. The van der Waals surface area contributed by atoms with E-state index in [9.17, 15) is 24.9 Å². The zero-order valence-corrected chi connectivity index (χ0v) is 17.9. The average molecular weight is 436 g/mol. The molecule has 1 fully saturated rings. The maximum absolute atomic E-state index is 13.1. The fourth-order valence-corrected chi connectivity index (χ4v) is 3.78. The molecule has 3 aromatic rings. The summed E-state index contributed by atoms with van der Waals surface area (Å²) in [5.41, 5.74) is 3.65. The molecule has 4 rings (SSSR count). The van der Waals surface area contributed by atoms with E-state index in [1.54, 1.807) is 28.0 Å². The summed E-state index contributed by atoms with van der Waals surface area (Å²) in [6.07, 6.45) is 0.583. The highest BCUT2D eigenvalue weighted by Crippen LogP contribution is 2.35. The molecule has 0 unspecified atom stereocenters. The first-order valence-electron chi connectivity index (χ1n) is 10.3. The van der Waals surface area contributed by atoms with Crippen LogP contribution in [0.4, 0.5) is 0 Å². The Morgan fingerprint density at radius 2 is 1.28 bits per heavy atom. The number of benzene rings is 2. The van der Waals surface area contributed by atoms with E-state index in [1.165, 1.54) is 0 Å². The molecule has 0 bridgehead atoms. The van der Waals surface area contributed by atoms with Gasteiger partial charge in [-0.2, -0.15) is 0 Å². The summed E-state index contributed by atoms with van der Waals surface area (Å²) in [6, 6.07) is 7.51. The number of aromatic nitrogens is 2. The second-order valence-corrected chi connectivity index (χ2v) is 7.90. The van der Waals surface area contributed by atoms with Crippen molar-refractivity contribution in [2.75, 3.05) is 26.2 Å². The Hall–Kier alpha value is -3.88. The molecule has 0 saturated carbocycles. The minimum absolute atomic E-state index is 0.0661. The molecule has 9 heteroatoms. The summed E-state index contributed by atoms with van der Waals surface area (Å²) in [5.74, 6) is -2.33. The van der Waals surface area contributed by atoms with Crippen LogP contribution in [0.3, 0.4) is 0 Å². The monoisotopic (exact) mass is 436 g/mol. The average Bonchev–Trinajstić information content (AvgIpc) is 3.03. The zero-order valence-electron chi connectivity index (χ0n) is 17.9. The van der Waals surface area contributed by atoms with Crippen molar-refractivity contribution in [3.8, 4) is 17.2 Å². The van der Waals surface area contributed by atoms with Crippen molar-refractivity contribution in [3.63, 3.8) is 0 Å². The van der Waals surface area contributed by atoms with Gasteiger partial charge in [0.25, 0.3) is 11.8 Å². The molecule has 1 aliphatic rings. The second kappa shape index (κ2) is 8.33. The molecule has 0 spiro atoms. The summed E-state index contributed by atoms with van der Waals surface area (Å²) in [4.78, 5) is 38.2. The molecule has 32 heavy (non-hydrogen) atoms. The normalized spacial score (nSPS) is 14.4. The molecule has 1 aromatic heterocycles. The van der Waals surface area contributed by atoms with E-state index in [0.717, 1.165) is 29.0 Å². The number of fused-ring (bicyclic) bond motifs is 1. The number of carbonyl (C=O) groups is 2. The number of nitrogens with zero attached hydrogens (tertiary/aromatic N) is 4. The summed E-state index contributed by atoms with van der Waals surface area (Å²) in [5, 5.41) is 28.9. The number of phenolic OH excluding ortho intramolecular Hbond substituents is 3. The minimum Gasteiger partial charge on any atom is -0.504 e. The van der Waals surface area contributed by atoms with E-state index in [4.69, 9.17) is 0 Å². The van der Waals surface area contributed by atoms with Gasteiger partial charge in [-0.05, 0) is 50.6 Å². The topological polar surface area (TPSA) is 127 Å². The number of phenols is 3. The van der Waals surface area contributed by atoms with Gasteiger partial charge in [-0.25, -0.2) is 9.97 Å². The molecule has 1 saturated heterocycles. The molecule has 2 heterocycles. The van der Waals surface area contributed by atoms with Crippen LogP contribution in [-0.4, -0.2) is 73.1 Å². The van der Waals surface area contributed by atoms with Crippen LogP contribution in [0.2, 0.25) is 0 Å². The summed E-state index contributed by atoms with van der Waals surface area (Å²) in [6.45, 7) is 5.34. The largest absolute Gasteiger partial charge is 0.504 e. The molecular formula is C23H24N4O5. The Bertz CT molecular complexity index is 1200. The maximum Gasteiger partial charge on any atom is 0.254 e. The first kappa shape index (κ1) is 21.4. The molecule has 3 N–H and O–H groups in total. The van der Waals surface area contributed by atoms with Crippen molar-refractivity contribution in [1.29, 1.82) is 0 Å². The molecule has 9 nitrogen and oxygen atoms in total. The number of aryl methyl sites for hydroxylation is 2. The van der Waals surface area contributed by atoms with E-state index >= 15 is 0 Å².